The van der Waals surface area contributed by atoms with Gasteiger partial charge in [0.1, 0.15) is 0 Å². The lowest BCUT2D eigenvalue weighted by Crippen LogP contribution is -2.52. The summed E-state index contributed by atoms with van der Waals surface area (Å²) in [6.07, 6.45) is 2.06. The molecule has 1 fully saturated rings. The van der Waals surface area contributed by atoms with Crippen molar-refractivity contribution in [3.05, 3.63) is 68.7 Å². The zero-order chi connectivity index (χ0) is 20.3. The molecule has 2 unspecified atom stereocenters. The molecule has 3 rings (SSSR count). The van der Waals surface area contributed by atoms with E-state index in [-0.39, 0.29) is 23.9 Å². The second-order valence-corrected chi connectivity index (χ2v) is 8.37. The van der Waals surface area contributed by atoms with Crippen LogP contribution >= 0.6 is 34.8 Å². The molecule has 2 atom stereocenters. The maximum atomic E-state index is 13.2. The van der Waals surface area contributed by atoms with Crippen LogP contribution in [-0.2, 0) is 11.2 Å². The molecule has 2 aromatic carbocycles. The van der Waals surface area contributed by atoms with Crippen LogP contribution in [0.15, 0.2) is 42.5 Å². The minimum absolute atomic E-state index is 0.0433. The Labute approximate surface area is 179 Å². The Kier molecular flexibility index (Phi) is 6.86. The molecule has 0 saturated carbocycles. The number of nitrogens with one attached hydrogen (secondary N) is 1. The number of piperidine rings is 1. The number of nitrogens with zero attached hydrogens (tertiary/aromatic N) is 1. The Balaban J connectivity index is 1.84. The minimum atomic E-state index is -0.107. The third-order valence-electron chi connectivity index (χ3n) is 4.88. The zero-order valence-corrected chi connectivity index (χ0v) is 17.7. The van der Waals surface area contributed by atoms with E-state index in [0.717, 1.165) is 5.56 Å². The summed E-state index contributed by atoms with van der Waals surface area (Å²) in [4.78, 5) is 26.5. The fraction of sp³-hybridized carbons (Fsp3) is 0.333. The summed E-state index contributed by atoms with van der Waals surface area (Å²) in [7, 11) is 0. The van der Waals surface area contributed by atoms with Crippen LogP contribution in [0.5, 0.6) is 0 Å². The number of amides is 2. The molecule has 0 spiro atoms. The van der Waals surface area contributed by atoms with E-state index in [4.69, 9.17) is 34.8 Å². The Morgan fingerprint density at radius 3 is 2.29 bits per heavy atom. The zero-order valence-electron chi connectivity index (χ0n) is 15.4. The highest BCUT2D eigenvalue weighted by Crippen LogP contribution is 2.26. The molecule has 148 valence electrons. The number of hydrogen-bond acceptors (Lipinski definition) is 2. The molecule has 0 aromatic heterocycles. The number of hydrogen-bond donors (Lipinski definition) is 1. The summed E-state index contributed by atoms with van der Waals surface area (Å²) in [5.41, 5.74) is 1.55. The van der Waals surface area contributed by atoms with Crippen LogP contribution in [0, 0.1) is 0 Å². The topological polar surface area (TPSA) is 49.4 Å². The van der Waals surface area contributed by atoms with E-state index in [1.807, 2.05) is 29.2 Å². The summed E-state index contributed by atoms with van der Waals surface area (Å²) in [6, 6.07) is 12.5. The molecule has 1 N–H and O–H groups in total. The van der Waals surface area contributed by atoms with Gasteiger partial charge in [-0.2, -0.15) is 0 Å². The number of carbonyl (C=O) groups excluding carboxylic acids is 2. The van der Waals surface area contributed by atoms with Gasteiger partial charge in [0.15, 0.2) is 0 Å². The molecule has 0 radical (unpaired) electrons. The Bertz CT molecular complexity index is 850. The standard InChI is InChI=1S/C21H21Cl3N2O2/c1-13(27)25-19-6-7-26(21(28)15-9-17(23)11-18(24)10-15)20(12-19)8-14-2-4-16(22)5-3-14/h2-5,9-11,19-20H,6-8,12H2,1H3,(H,25,27). The van der Waals surface area contributed by atoms with Crippen molar-refractivity contribution in [2.45, 2.75) is 38.3 Å². The van der Waals surface area contributed by atoms with E-state index in [2.05, 4.69) is 5.32 Å². The van der Waals surface area contributed by atoms with Crippen molar-refractivity contribution >= 4 is 46.6 Å². The van der Waals surface area contributed by atoms with Crippen LogP contribution < -0.4 is 5.32 Å². The van der Waals surface area contributed by atoms with E-state index >= 15 is 0 Å². The maximum Gasteiger partial charge on any atom is 0.254 e. The van der Waals surface area contributed by atoms with Gasteiger partial charge in [0.25, 0.3) is 5.91 Å². The van der Waals surface area contributed by atoms with Gasteiger partial charge in [0.2, 0.25) is 5.91 Å². The van der Waals surface area contributed by atoms with Crippen LogP contribution in [0.1, 0.15) is 35.7 Å². The first-order valence-electron chi connectivity index (χ1n) is 9.10. The smallest absolute Gasteiger partial charge is 0.254 e. The molecule has 1 aliphatic heterocycles. The third kappa shape index (κ3) is 5.40. The molecular weight excluding hydrogens is 419 g/mol. The molecule has 28 heavy (non-hydrogen) atoms. The number of carbonyl (C=O) groups is 2. The molecule has 7 heteroatoms. The first kappa shape index (κ1) is 21.0. The van der Waals surface area contributed by atoms with Crippen LogP contribution in [-0.4, -0.2) is 35.3 Å². The van der Waals surface area contributed by atoms with Crippen molar-refractivity contribution in [2.24, 2.45) is 0 Å². The molecule has 1 aliphatic rings. The lowest BCUT2D eigenvalue weighted by Gasteiger charge is -2.40. The summed E-state index contributed by atoms with van der Waals surface area (Å²) in [5, 5.41) is 4.51. The van der Waals surface area contributed by atoms with Gasteiger partial charge in [-0.25, -0.2) is 0 Å². The highest BCUT2D eigenvalue weighted by Gasteiger charge is 2.32. The Morgan fingerprint density at radius 2 is 1.68 bits per heavy atom. The van der Waals surface area contributed by atoms with Gasteiger partial charge in [-0.1, -0.05) is 46.9 Å². The maximum absolute atomic E-state index is 13.2. The molecule has 0 aliphatic carbocycles. The van der Waals surface area contributed by atoms with E-state index in [9.17, 15) is 9.59 Å². The number of benzene rings is 2. The normalized spacial score (nSPS) is 19.4. The fourth-order valence-corrected chi connectivity index (χ4v) is 4.32. The molecule has 0 bridgehead atoms. The lowest BCUT2D eigenvalue weighted by molar-refractivity contribution is -0.120. The number of likely N-dealkylation sites (tertiary alicyclic amines) is 1. The SMILES string of the molecule is CC(=O)NC1CCN(C(=O)c2cc(Cl)cc(Cl)c2)C(Cc2ccc(Cl)cc2)C1. The Morgan fingerprint density at radius 1 is 1.04 bits per heavy atom. The average molecular weight is 440 g/mol. The van der Waals surface area contributed by atoms with Crippen molar-refractivity contribution in [3.63, 3.8) is 0 Å². The molecule has 4 nitrogen and oxygen atoms in total. The van der Waals surface area contributed by atoms with Crippen LogP contribution in [0.3, 0.4) is 0 Å². The summed E-state index contributed by atoms with van der Waals surface area (Å²) in [6.45, 7) is 2.06. The van der Waals surface area contributed by atoms with E-state index in [1.165, 1.54) is 6.92 Å². The summed E-state index contributed by atoms with van der Waals surface area (Å²) >= 11 is 18.1. The van der Waals surface area contributed by atoms with Gasteiger partial charge in [-0.05, 0) is 55.2 Å². The molecule has 2 amide bonds. The highest BCUT2D eigenvalue weighted by molar-refractivity contribution is 6.35. The largest absolute Gasteiger partial charge is 0.353 e. The van der Waals surface area contributed by atoms with Crippen molar-refractivity contribution in [3.8, 4) is 0 Å². The predicted octanol–water partition coefficient (Wildman–Crippen LogP) is 5.00. The molecular formula is C21H21Cl3N2O2. The van der Waals surface area contributed by atoms with Crippen LogP contribution in [0.25, 0.3) is 0 Å². The number of rotatable bonds is 4. The van der Waals surface area contributed by atoms with Gasteiger partial charge in [-0.3, -0.25) is 9.59 Å². The van der Waals surface area contributed by atoms with Crippen molar-refractivity contribution in [1.82, 2.24) is 10.2 Å². The van der Waals surface area contributed by atoms with Gasteiger partial charge in [-0.15, -0.1) is 0 Å². The van der Waals surface area contributed by atoms with Gasteiger partial charge >= 0.3 is 0 Å². The molecule has 2 aromatic rings. The highest BCUT2D eigenvalue weighted by atomic mass is 35.5. The quantitative estimate of drug-likeness (QED) is 0.729. The second-order valence-electron chi connectivity index (χ2n) is 7.06. The van der Waals surface area contributed by atoms with Crippen molar-refractivity contribution in [1.29, 1.82) is 0 Å². The summed E-state index contributed by atoms with van der Waals surface area (Å²) < 4.78 is 0. The minimum Gasteiger partial charge on any atom is -0.353 e. The first-order chi connectivity index (χ1) is 13.3. The van der Waals surface area contributed by atoms with E-state index < -0.39 is 0 Å². The average Bonchev–Trinajstić information content (AvgIpc) is 2.62. The third-order valence-corrected chi connectivity index (χ3v) is 5.57. The van der Waals surface area contributed by atoms with Crippen LogP contribution in [0.2, 0.25) is 15.1 Å². The van der Waals surface area contributed by atoms with E-state index in [1.54, 1.807) is 18.2 Å². The molecule has 1 saturated heterocycles. The summed E-state index contributed by atoms with van der Waals surface area (Å²) in [5.74, 6) is -0.165. The monoisotopic (exact) mass is 438 g/mol. The van der Waals surface area contributed by atoms with Crippen molar-refractivity contribution in [2.75, 3.05) is 6.54 Å². The second kappa shape index (κ2) is 9.17. The van der Waals surface area contributed by atoms with Gasteiger partial charge in [0.05, 0.1) is 0 Å². The van der Waals surface area contributed by atoms with Gasteiger partial charge in [0, 0.05) is 46.2 Å². The van der Waals surface area contributed by atoms with Gasteiger partial charge < -0.3 is 10.2 Å². The lowest BCUT2D eigenvalue weighted by atomic mass is 9.91. The van der Waals surface area contributed by atoms with Crippen molar-refractivity contribution < 1.29 is 9.59 Å². The Hall–Kier alpha value is -1.75. The van der Waals surface area contributed by atoms with E-state index in [0.29, 0.717) is 46.4 Å². The first-order valence-corrected chi connectivity index (χ1v) is 10.2. The predicted molar refractivity (Wildman–Crippen MR) is 113 cm³/mol. The fourth-order valence-electron chi connectivity index (χ4n) is 3.67. The number of halogens is 3. The van der Waals surface area contributed by atoms with Crippen LogP contribution in [0.4, 0.5) is 0 Å². The molecule has 1 heterocycles.